The van der Waals surface area contributed by atoms with E-state index < -0.39 is 0 Å². The van der Waals surface area contributed by atoms with Crippen molar-refractivity contribution in [3.05, 3.63) is 18.0 Å². The van der Waals surface area contributed by atoms with Gasteiger partial charge in [0, 0.05) is 25.1 Å². The number of likely N-dealkylation sites (N-methyl/N-ethyl adjacent to an activating group) is 1. The predicted molar refractivity (Wildman–Crippen MR) is 72.1 cm³/mol. The highest BCUT2D eigenvalue weighted by Crippen LogP contribution is 2.02. The topological polar surface area (TPSA) is 21.1 Å². The standard InChI is InChI=1S/C12H22BrN3/c1-15(8-5-3-4-7-13)9-6-12-10-14-16(2)11-12/h10-11H,3-9H2,1-2H3. The van der Waals surface area contributed by atoms with Gasteiger partial charge in [-0.3, -0.25) is 4.68 Å². The molecular formula is C12H22BrN3. The number of halogens is 1. The van der Waals surface area contributed by atoms with Crippen molar-refractivity contribution in [3.8, 4) is 0 Å². The Morgan fingerprint density at radius 2 is 2.12 bits per heavy atom. The summed E-state index contributed by atoms with van der Waals surface area (Å²) in [5.41, 5.74) is 1.33. The second kappa shape index (κ2) is 7.85. The molecule has 0 aromatic carbocycles. The number of unbranched alkanes of at least 4 members (excludes halogenated alkanes) is 2. The molecule has 3 nitrogen and oxygen atoms in total. The Bertz CT molecular complexity index is 286. The lowest BCUT2D eigenvalue weighted by Gasteiger charge is -2.15. The van der Waals surface area contributed by atoms with E-state index in [1.165, 1.54) is 31.4 Å². The Kier molecular flexibility index (Phi) is 6.73. The molecule has 0 aliphatic heterocycles. The zero-order valence-corrected chi connectivity index (χ0v) is 11.9. The average molecular weight is 288 g/mol. The third-order valence-electron chi connectivity index (χ3n) is 2.71. The number of rotatable bonds is 8. The number of hydrogen-bond donors (Lipinski definition) is 0. The van der Waals surface area contributed by atoms with Gasteiger partial charge in [0.15, 0.2) is 0 Å². The van der Waals surface area contributed by atoms with E-state index in [4.69, 9.17) is 0 Å². The molecule has 0 aliphatic rings. The first-order chi connectivity index (χ1) is 7.72. The van der Waals surface area contributed by atoms with E-state index in [9.17, 15) is 0 Å². The largest absolute Gasteiger partial charge is 0.306 e. The Balaban J connectivity index is 2.08. The zero-order chi connectivity index (χ0) is 11.8. The fourth-order valence-electron chi connectivity index (χ4n) is 1.69. The monoisotopic (exact) mass is 287 g/mol. The molecule has 1 aromatic heterocycles. The molecule has 0 unspecified atom stereocenters. The summed E-state index contributed by atoms with van der Waals surface area (Å²) in [7, 11) is 4.16. The molecule has 0 saturated carbocycles. The summed E-state index contributed by atoms with van der Waals surface area (Å²) >= 11 is 3.46. The van der Waals surface area contributed by atoms with Gasteiger partial charge in [0.1, 0.15) is 0 Å². The van der Waals surface area contributed by atoms with E-state index in [2.05, 4.69) is 39.2 Å². The third kappa shape index (κ3) is 5.66. The van der Waals surface area contributed by atoms with E-state index in [0.717, 1.165) is 18.3 Å². The van der Waals surface area contributed by atoms with E-state index in [0.29, 0.717) is 0 Å². The van der Waals surface area contributed by atoms with Gasteiger partial charge in [-0.25, -0.2) is 0 Å². The third-order valence-corrected chi connectivity index (χ3v) is 3.27. The smallest absolute Gasteiger partial charge is 0.0522 e. The van der Waals surface area contributed by atoms with Gasteiger partial charge in [-0.15, -0.1) is 0 Å². The zero-order valence-electron chi connectivity index (χ0n) is 10.3. The maximum Gasteiger partial charge on any atom is 0.0522 e. The van der Waals surface area contributed by atoms with Crippen molar-refractivity contribution >= 4 is 15.9 Å². The van der Waals surface area contributed by atoms with Crippen LogP contribution in [0.4, 0.5) is 0 Å². The van der Waals surface area contributed by atoms with Gasteiger partial charge >= 0.3 is 0 Å². The molecule has 1 heterocycles. The van der Waals surface area contributed by atoms with Crippen molar-refractivity contribution in [1.29, 1.82) is 0 Å². The summed E-state index contributed by atoms with van der Waals surface area (Å²) in [6.45, 7) is 2.33. The number of nitrogens with zero attached hydrogens (tertiary/aromatic N) is 3. The molecule has 0 radical (unpaired) electrons. The molecule has 4 heteroatoms. The lowest BCUT2D eigenvalue weighted by molar-refractivity contribution is 0.329. The van der Waals surface area contributed by atoms with Crippen molar-refractivity contribution in [2.45, 2.75) is 25.7 Å². The Labute approximate surface area is 107 Å². The van der Waals surface area contributed by atoms with Gasteiger partial charge in [-0.05, 0) is 38.4 Å². The molecule has 0 fully saturated rings. The van der Waals surface area contributed by atoms with Gasteiger partial charge in [-0.1, -0.05) is 22.4 Å². The molecule has 92 valence electrons. The summed E-state index contributed by atoms with van der Waals surface area (Å²) in [5, 5.41) is 5.31. The minimum atomic E-state index is 1.10. The minimum Gasteiger partial charge on any atom is -0.306 e. The van der Waals surface area contributed by atoms with Crippen LogP contribution in [-0.4, -0.2) is 40.1 Å². The fraction of sp³-hybridized carbons (Fsp3) is 0.750. The minimum absolute atomic E-state index is 1.10. The van der Waals surface area contributed by atoms with Gasteiger partial charge in [-0.2, -0.15) is 5.10 Å². The fourth-order valence-corrected chi connectivity index (χ4v) is 2.08. The summed E-state index contributed by atoms with van der Waals surface area (Å²) < 4.78 is 1.87. The Morgan fingerprint density at radius 3 is 2.75 bits per heavy atom. The van der Waals surface area contributed by atoms with Crippen molar-refractivity contribution < 1.29 is 0 Å². The molecule has 0 N–H and O–H groups in total. The maximum atomic E-state index is 4.17. The highest BCUT2D eigenvalue weighted by Gasteiger charge is 2.00. The molecule has 16 heavy (non-hydrogen) atoms. The van der Waals surface area contributed by atoms with Crippen LogP contribution in [-0.2, 0) is 13.5 Å². The van der Waals surface area contributed by atoms with Crippen LogP contribution >= 0.6 is 15.9 Å². The van der Waals surface area contributed by atoms with Crippen LogP contribution in [0.25, 0.3) is 0 Å². The quantitative estimate of drug-likeness (QED) is 0.541. The molecule has 0 spiro atoms. The molecule has 1 aromatic rings. The van der Waals surface area contributed by atoms with Crippen LogP contribution in [0.15, 0.2) is 12.4 Å². The van der Waals surface area contributed by atoms with Crippen LogP contribution < -0.4 is 0 Å². The van der Waals surface area contributed by atoms with E-state index in [1.54, 1.807) is 0 Å². The first-order valence-electron chi connectivity index (χ1n) is 5.94. The van der Waals surface area contributed by atoms with Gasteiger partial charge < -0.3 is 4.90 Å². The first-order valence-corrected chi connectivity index (χ1v) is 7.06. The molecule has 1 rings (SSSR count). The van der Waals surface area contributed by atoms with Crippen LogP contribution in [0.3, 0.4) is 0 Å². The van der Waals surface area contributed by atoms with Crippen LogP contribution in [0.1, 0.15) is 24.8 Å². The van der Waals surface area contributed by atoms with Crippen LogP contribution in [0.2, 0.25) is 0 Å². The molecule has 0 saturated heterocycles. The van der Waals surface area contributed by atoms with Crippen molar-refractivity contribution in [2.24, 2.45) is 7.05 Å². The van der Waals surface area contributed by atoms with Crippen LogP contribution in [0, 0.1) is 0 Å². The second-order valence-electron chi connectivity index (χ2n) is 4.33. The summed E-state index contributed by atoms with van der Waals surface area (Å²) in [5.74, 6) is 0. The van der Waals surface area contributed by atoms with Crippen molar-refractivity contribution in [1.82, 2.24) is 14.7 Å². The van der Waals surface area contributed by atoms with Crippen molar-refractivity contribution in [3.63, 3.8) is 0 Å². The van der Waals surface area contributed by atoms with E-state index in [-0.39, 0.29) is 0 Å². The van der Waals surface area contributed by atoms with Gasteiger partial charge in [0.25, 0.3) is 0 Å². The normalized spacial score (nSPS) is 11.2. The predicted octanol–water partition coefficient (Wildman–Crippen LogP) is 2.46. The van der Waals surface area contributed by atoms with Crippen molar-refractivity contribution in [2.75, 3.05) is 25.5 Å². The molecule has 0 amide bonds. The number of alkyl halides is 1. The van der Waals surface area contributed by atoms with Gasteiger partial charge in [0.2, 0.25) is 0 Å². The molecule has 0 atom stereocenters. The first kappa shape index (κ1) is 13.7. The Hall–Kier alpha value is -0.350. The highest BCUT2D eigenvalue weighted by atomic mass is 79.9. The average Bonchev–Trinajstić information content (AvgIpc) is 2.68. The number of aromatic nitrogens is 2. The Morgan fingerprint density at radius 1 is 1.31 bits per heavy atom. The highest BCUT2D eigenvalue weighted by molar-refractivity contribution is 9.09. The van der Waals surface area contributed by atoms with Gasteiger partial charge in [0.05, 0.1) is 6.20 Å². The van der Waals surface area contributed by atoms with Crippen LogP contribution in [0.5, 0.6) is 0 Å². The lowest BCUT2D eigenvalue weighted by atomic mass is 10.2. The summed E-state index contributed by atoms with van der Waals surface area (Å²) in [4.78, 5) is 2.40. The molecular weight excluding hydrogens is 266 g/mol. The maximum absolute atomic E-state index is 4.17. The van der Waals surface area contributed by atoms with E-state index >= 15 is 0 Å². The molecule has 0 bridgehead atoms. The molecule has 0 aliphatic carbocycles. The summed E-state index contributed by atoms with van der Waals surface area (Å²) in [6.07, 6.45) is 9.06. The second-order valence-corrected chi connectivity index (χ2v) is 5.12. The number of aryl methyl sites for hydroxylation is 1. The number of hydrogen-bond acceptors (Lipinski definition) is 2. The SMILES string of the molecule is CN(CCCCCBr)CCc1cnn(C)c1. The summed E-state index contributed by atoms with van der Waals surface area (Å²) in [6, 6.07) is 0. The lowest BCUT2D eigenvalue weighted by Crippen LogP contribution is -2.22. The van der Waals surface area contributed by atoms with E-state index in [1.807, 2.05) is 17.9 Å².